The maximum absolute atomic E-state index is 6.11. The molecule has 0 spiro atoms. The first-order chi connectivity index (χ1) is 10.6. The summed E-state index contributed by atoms with van der Waals surface area (Å²) in [5.41, 5.74) is 0. The maximum Gasteiger partial charge on any atom is 0.0976 e. The van der Waals surface area contributed by atoms with Gasteiger partial charge in [0.2, 0.25) is 0 Å². The highest BCUT2D eigenvalue weighted by atomic mass is 16.5. The molecule has 22 heavy (non-hydrogen) atoms. The highest BCUT2D eigenvalue weighted by Crippen LogP contribution is 2.15. The van der Waals surface area contributed by atoms with E-state index < -0.39 is 0 Å². The Bertz CT molecular complexity index is 245. The molecule has 2 atom stereocenters. The smallest absolute Gasteiger partial charge is 0.0976 e. The molecule has 1 aliphatic heterocycles. The van der Waals surface area contributed by atoms with Gasteiger partial charge in [0, 0.05) is 26.2 Å². The lowest BCUT2D eigenvalue weighted by Crippen LogP contribution is -2.36. The van der Waals surface area contributed by atoms with Crippen molar-refractivity contribution in [3.05, 3.63) is 0 Å². The largest absolute Gasteiger partial charge is 0.373 e. The van der Waals surface area contributed by atoms with Gasteiger partial charge in [0.05, 0.1) is 25.4 Å². The first-order valence-corrected chi connectivity index (χ1v) is 9.00. The number of hydrogen-bond acceptors (Lipinski definition) is 5. The van der Waals surface area contributed by atoms with E-state index in [9.17, 15) is 0 Å². The molecule has 0 bridgehead atoms. The van der Waals surface area contributed by atoms with Crippen LogP contribution in [0.25, 0.3) is 0 Å². The molecule has 1 rings (SSSR count). The molecule has 5 nitrogen and oxygen atoms in total. The quantitative estimate of drug-likeness (QED) is 0.543. The number of likely N-dealkylation sites (tertiary alicyclic amines) is 1. The molecule has 0 aromatic carbocycles. The lowest BCUT2D eigenvalue weighted by molar-refractivity contribution is -0.0537. The zero-order valence-electron chi connectivity index (χ0n) is 15.4. The van der Waals surface area contributed by atoms with Crippen LogP contribution < -0.4 is 0 Å². The average molecular weight is 316 g/mol. The van der Waals surface area contributed by atoms with Gasteiger partial charge in [0.1, 0.15) is 0 Å². The van der Waals surface area contributed by atoms with Crippen LogP contribution in [0, 0.1) is 0 Å². The summed E-state index contributed by atoms with van der Waals surface area (Å²) in [6, 6.07) is 0. The summed E-state index contributed by atoms with van der Waals surface area (Å²) >= 11 is 0. The van der Waals surface area contributed by atoms with Crippen molar-refractivity contribution in [3.8, 4) is 0 Å². The second kappa shape index (κ2) is 11.4. The number of nitrogens with zero attached hydrogens (tertiary/aromatic N) is 3. The maximum atomic E-state index is 6.11. The third kappa shape index (κ3) is 6.92. The lowest BCUT2D eigenvalue weighted by atomic mass is 10.2. The molecule has 132 valence electrons. The fourth-order valence-electron chi connectivity index (χ4n) is 2.99. The van der Waals surface area contributed by atoms with Crippen LogP contribution in [0.15, 0.2) is 0 Å². The third-order valence-electron chi connectivity index (χ3n) is 4.67. The van der Waals surface area contributed by atoms with Crippen LogP contribution in [-0.2, 0) is 9.47 Å². The molecule has 0 N–H and O–H groups in total. The van der Waals surface area contributed by atoms with Gasteiger partial charge >= 0.3 is 0 Å². The third-order valence-corrected chi connectivity index (χ3v) is 4.67. The molecule has 0 radical (unpaired) electrons. The van der Waals surface area contributed by atoms with Gasteiger partial charge in [-0.2, -0.15) is 0 Å². The predicted molar refractivity (Wildman–Crippen MR) is 92.6 cm³/mol. The molecule has 0 amide bonds. The van der Waals surface area contributed by atoms with Crippen LogP contribution in [0.3, 0.4) is 0 Å². The minimum atomic E-state index is 0.220. The van der Waals surface area contributed by atoms with Gasteiger partial charge in [0.15, 0.2) is 0 Å². The molecule has 0 aliphatic carbocycles. The molecule has 1 fully saturated rings. The average Bonchev–Trinajstić information content (AvgIpc) is 2.88. The highest BCUT2D eigenvalue weighted by molar-refractivity contribution is 4.84. The predicted octanol–water partition coefficient (Wildman–Crippen LogP) is 1.39. The summed E-state index contributed by atoms with van der Waals surface area (Å²) in [7, 11) is 2.15. The Kier molecular flexibility index (Phi) is 10.2. The van der Waals surface area contributed by atoms with Gasteiger partial charge < -0.3 is 24.2 Å². The minimum absolute atomic E-state index is 0.220. The van der Waals surface area contributed by atoms with E-state index in [4.69, 9.17) is 9.47 Å². The van der Waals surface area contributed by atoms with Crippen LogP contribution in [0.4, 0.5) is 0 Å². The van der Waals surface area contributed by atoms with Gasteiger partial charge in [-0.15, -0.1) is 0 Å². The fraction of sp³-hybridized carbons (Fsp3) is 1.00. The van der Waals surface area contributed by atoms with Crippen molar-refractivity contribution in [2.24, 2.45) is 0 Å². The summed E-state index contributed by atoms with van der Waals surface area (Å²) in [5, 5.41) is 0. The Hall–Kier alpha value is -0.200. The first kappa shape index (κ1) is 19.8. The van der Waals surface area contributed by atoms with E-state index in [0.717, 1.165) is 65.6 Å². The molecule has 1 saturated heterocycles. The molecule has 0 aromatic rings. The first-order valence-electron chi connectivity index (χ1n) is 9.00. The Morgan fingerprint density at radius 3 is 1.45 bits per heavy atom. The molecule has 0 saturated carbocycles. The van der Waals surface area contributed by atoms with Gasteiger partial charge in [-0.05, 0) is 33.2 Å². The Balaban J connectivity index is 2.28. The van der Waals surface area contributed by atoms with E-state index in [1.54, 1.807) is 0 Å². The normalized spacial score (nSPS) is 23.0. The topological polar surface area (TPSA) is 28.2 Å². The summed E-state index contributed by atoms with van der Waals surface area (Å²) in [5.74, 6) is 0. The van der Waals surface area contributed by atoms with Crippen molar-refractivity contribution in [1.29, 1.82) is 0 Å². The van der Waals surface area contributed by atoms with Crippen molar-refractivity contribution < 1.29 is 9.47 Å². The number of likely N-dealkylation sites (N-methyl/N-ethyl adjacent to an activating group) is 3. The van der Waals surface area contributed by atoms with Crippen LogP contribution in [0.5, 0.6) is 0 Å². The molecule has 2 unspecified atom stereocenters. The Morgan fingerprint density at radius 1 is 0.773 bits per heavy atom. The van der Waals surface area contributed by atoms with E-state index in [2.05, 4.69) is 49.4 Å². The molecule has 0 aromatic heterocycles. The summed E-state index contributed by atoms with van der Waals surface area (Å²) < 4.78 is 12.2. The van der Waals surface area contributed by atoms with Gasteiger partial charge in [-0.25, -0.2) is 0 Å². The van der Waals surface area contributed by atoms with Crippen molar-refractivity contribution in [2.75, 3.05) is 72.6 Å². The molecule has 5 heteroatoms. The van der Waals surface area contributed by atoms with Crippen molar-refractivity contribution in [1.82, 2.24) is 14.7 Å². The SMILES string of the molecule is CCN(CC)CCOC1CN(C)CC1OCCN(CC)CC. The minimum Gasteiger partial charge on any atom is -0.373 e. The van der Waals surface area contributed by atoms with E-state index in [1.807, 2.05) is 0 Å². The van der Waals surface area contributed by atoms with Crippen LogP contribution >= 0.6 is 0 Å². The second-order valence-corrected chi connectivity index (χ2v) is 6.09. The van der Waals surface area contributed by atoms with Crippen molar-refractivity contribution >= 4 is 0 Å². The van der Waals surface area contributed by atoms with Gasteiger partial charge in [-0.1, -0.05) is 27.7 Å². The zero-order valence-corrected chi connectivity index (χ0v) is 15.4. The number of rotatable bonds is 12. The van der Waals surface area contributed by atoms with Crippen molar-refractivity contribution in [3.63, 3.8) is 0 Å². The number of ether oxygens (including phenoxy) is 2. The second-order valence-electron chi connectivity index (χ2n) is 6.09. The van der Waals surface area contributed by atoms with Crippen LogP contribution in [0.2, 0.25) is 0 Å². The summed E-state index contributed by atoms with van der Waals surface area (Å²) in [6.07, 6.45) is 0.439. The Labute approximate surface area is 137 Å². The fourth-order valence-corrected chi connectivity index (χ4v) is 2.99. The number of hydrogen-bond donors (Lipinski definition) is 0. The Morgan fingerprint density at radius 2 is 1.14 bits per heavy atom. The van der Waals surface area contributed by atoms with Gasteiger partial charge in [-0.3, -0.25) is 0 Å². The van der Waals surface area contributed by atoms with E-state index in [0.29, 0.717) is 0 Å². The highest BCUT2D eigenvalue weighted by Gasteiger charge is 2.32. The van der Waals surface area contributed by atoms with Crippen LogP contribution in [0.1, 0.15) is 27.7 Å². The molecule has 1 heterocycles. The monoisotopic (exact) mass is 315 g/mol. The van der Waals surface area contributed by atoms with Crippen LogP contribution in [-0.4, -0.2) is 99.5 Å². The van der Waals surface area contributed by atoms with E-state index >= 15 is 0 Å². The molecular formula is C17H37N3O2. The zero-order chi connectivity index (χ0) is 16.4. The van der Waals surface area contributed by atoms with Crippen molar-refractivity contribution in [2.45, 2.75) is 39.9 Å². The molecular weight excluding hydrogens is 278 g/mol. The standard InChI is InChI=1S/C17H37N3O2/c1-6-19(7-2)10-12-21-16-14-18(5)15-17(16)22-13-11-20(8-3)9-4/h16-17H,6-15H2,1-5H3. The lowest BCUT2D eigenvalue weighted by Gasteiger charge is -2.24. The molecule has 1 aliphatic rings. The van der Waals surface area contributed by atoms with E-state index in [-0.39, 0.29) is 12.2 Å². The van der Waals surface area contributed by atoms with E-state index in [1.165, 1.54) is 0 Å². The summed E-state index contributed by atoms with van der Waals surface area (Å²) in [4.78, 5) is 7.11. The van der Waals surface area contributed by atoms with Gasteiger partial charge in [0.25, 0.3) is 0 Å². The summed E-state index contributed by atoms with van der Waals surface area (Å²) in [6.45, 7) is 18.8.